The molecule has 0 fully saturated rings. The first-order valence-corrected chi connectivity index (χ1v) is 5.06. The third-order valence-corrected chi connectivity index (χ3v) is 2.75. The Morgan fingerprint density at radius 1 is 1.50 bits per heavy atom. The molecule has 0 aliphatic carbocycles. The molecule has 0 radical (unpaired) electrons. The monoisotopic (exact) mass is 223 g/mol. The van der Waals surface area contributed by atoms with E-state index in [4.69, 9.17) is 5.73 Å². The highest BCUT2D eigenvalue weighted by Gasteiger charge is 2.23. The molecule has 3 N–H and O–H groups in total. The quantitative estimate of drug-likeness (QED) is 0.802. The van der Waals surface area contributed by atoms with E-state index in [1.54, 1.807) is 6.07 Å². The molecule has 86 valence electrons. The van der Waals surface area contributed by atoms with Crippen LogP contribution in [0, 0.1) is 5.82 Å². The topological polar surface area (TPSA) is 63.8 Å². The molecule has 2 rings (SSSR count). The molecule has 0 unspecified atom stereocenters. The molecule has 1 aromatic carbocycles. The van der Waals surface area contributed by atoms with Crippen LogP contribution in [0.4, 0.5) is 4.39 Å². The average molecular weight is 223 g/mol. The molecule has 1 aromatic heterocycles. The number of hydrogen-bond donors (Lipinski definition) is 2. The van der Waals surface area contributed by atoms with Crippen LogP contribution in [-0.2, 0) is 5.54 Å². The Kier molecular flexibility index (Phi) is 2.35. The zero-order valence-electron chi connectivity index (χ0n) is 9.25. The van der Waals surface area contributed by atoms with Gasteiger partial charge in [-0.25, -0.2) is 9.18 Å². The molecular weight excluding hydrogens is 209 g/mol. The number of aromatic amines is 1. The fourth-order valence-electron chi connectivity index (χ4n) is 1.77. The van der Waals surface area contributed by atoms with Crippen LogP contribution in [0.5, 0.6) is 0 Å². The molecule has 5 heteroatoms. The predicted molar refractivity (Wildman–Crippen MR) is 60.9 cm³/mol. The molecule has 0 atom stereocenters. The Labute approximate surface area is 91.9 Å². The molecule has 0 amide bonds. The van der Waals surface area contributed by atoms with Gasteiger partial charge in [0, 0.05) is 6.54 Å². The van der Waals surface area contributed by atoms with Crippen LogP contribution in [0.25, 0.3) is 11.0 Å². The van der Waals surface area contributed by atoms with Gasteiger partial charge in [0.05, 0.1) is 16.6 Å². The summed E-state index contributed by atoms with van der Waals surface area (Å²) >= 11 is 0. The molecule has 0 aliphatic heterocycles. The van der Waals surface area contributed by atoms with Gasteiger partial charge >= 0.3 is 5.69 Å². The van der Waals surface area contributed by atoms with Crippen LogP contribution in [-0.4, -0.2) is 16.1 Å². The van der Waals surface area contributed by atoms with Crippen molar-refractivity contribution >= 4 is 11.0 Å². The summed E-state index contributed by atoms with van der Waals surface area (Å²) < 4.78 is 14.6. The molecule has 2 aromatic rings. The zero-order valence-corrected chi connectivity index (χ0v) is 9.25. The molecule has 0 aliphatic rings. The number of nitrogens with one attached hydrogen (secondary N) is 1. The molecule has 0 spiro atoms. The number of nitrogens with two attached hydrogens (primary N) is 1. The maximum Gasteiger partial charge on any atom is 0.327 e. The summed E-state index contributed by atoms with van der Waals surface area (Å²) in [4.78, 5) is 14.5. The van der Waals surface area contributed by atoms with Gasteiger partial charge in [0.1, 0.15) is 5.82 Å². The van der Waals surface area contributed by atoms with Crippen LogP contribution in [0.15, 0.2) is 23.0 Å². The number of imidazole rings is 1. The third-order valence-electron chi connectivity index (χ3n) is 2.75. The van der Waals surface area contributed by atoms with Crippen molar-refractivity contribution in [1.29, 1.82) is 0 Å². The maximum atomic E-state index is 13.2. The average Bonchev–Trinajstić information content (AvgIpc) is 2.54. The Bertz CT molecular complexity index is 582. The van der Waals surface area contributed by atoms with E-state index in [-0.39, 0.29) is 11.5 Å². The smallest absolute Gasteiger partial charge is 0.327 e. The summed E-state index contributed by atoms with van der Waals surface area (Å²) in [6, 6.07) is 4.21. The number of benzene rings is 1. The van der Waals surface area contributed by atoms with Gasteiger partial charge in [0.2, 0.25) is 0 Å². The van der Waals surface area contributed by atoms with Crippen molar-refractivity contribution < 1.29 is 4.39 Å². The van der Waals surface area contributed by atoms with Gasteiger partial charge in [-0.1, -0.05) is 0 Å². The lowest BCUT2D eigenvalue weighted by atomic mass is 10.1. The van der Waals surface area contributed by atoms with E-state index in [1.165, 1.54) is 16.7 Å². The van der Waals surface area contributed by atoms with Crippen molar-refractivity contribution in [2.45, 2.75) is 19.4 Å². The van der Waals surface area contributed by atoms with Gasteiger partial charge in [-0.15, -0.1) is 0 Å². The highest BCUT2D eigenvalue weighted by molar-refractivity contribution is 5.75. The van der Waals surface area contributed by atoms with E-state index >= 15 is 0 Å². The molecule has 1 heterocycles. The van der Waals surface area contributed by atoms with Gasteiger partial charge in [-0.2, -0.15) is 0 Å². The van der Waals surface area contributed by atoms with Crippen molar-refractivity contribution in [3.63, 3.8) is 0 Å². The largest absolute Gasteiger partial charge is 0.328 e. The predicted octanol–water partition coefficient (Wildman–Crippen LogP) is 1.16. The Morgan fingerprint density at radius 2 is 2.19 bits per heavy atom. The first-order valence-electron chi connectivity index (χ1n) is 5.06. The number of hydrogen-bond acceptors (Lipinski definition) is 2. The lowest BCUT2D eigenvalue weighted by Gasteiger charge is -2.24. The summed E-state index contributed by atoms with van der Waals surface area (Å²) in [5, 5.41) is 0. The van der Waals surface area contributed by atoms with E-state index < -0.39 is 5.54 Å². The summed E-state index contributed by atoms with van der Waals surface area (Å²) in [5.41, 5.74) is 5.98. The number of fused-ring (bicyclic) bond motifs is 1. The van der Waals surface area contributed by atoms with Gasteiger partial charge in [0.25, 0.3) is 0 Å². The summed E-state index contributed by atoms with van der Waals surface area (Å²) in [5.74, 6) is -0.368. The number of aromatic nitrogens is 2. The second-order valence-corrected chi connectivity index (χ2v) is 4.44. The van der Waals surface area contributed by atoms with Crippen LogP contribution >= 0.6 is 0 Å². The van der Waals surface area contributed by atoms with Gasteiger partial charge in [-0.3, -0.25) is 4.57 Å². The van der Waals surface area contributed by atoms with Crippen LogP contribution in [0.1, 0.15) is 13.8 Å². The van der Waals surface area contributed by atoms with Gasteiger partial charge < -0.3 is 10.7 Å². The molecule has 0 saturated carbocycles. The van der Waals surface area contributed by atoms with Crippen LogP contribution in [0.3, 0.4) is 0 Å². The SMILES string of the molecule is CC(C)(CN)n1c(=O)[nH]c2ccc(F)cc21. The summed E-state index contributed by atoms with van der Waals surface area (Å²) in [6.07, 6.45) is 0. The zero-order chi connectivity index (χ0) is 11.9. The molecular formula is C11H14FN3O. The van der Waals surface area contributed by atoms with E-state index in [0.29, 0.717) is 17.6 Å². The Morgan fingerprint density at radius 3 is 2.81 bits per heavy atom. The fourth-order valence-corrected chi connectivity index (χ4v) is 1.77. The van der Waals surface area contributed by atoms with E-state index in [1.807, 2.05) is 13.8 Å². The van der Waals surface area contributed by atoms with Gasteiger partial charge in [0.15, 0.2) is 0 Å². The van der Waals surface area contributed by atoms with Gasteiger partial charge in [-0.05, 0) is 32.0 Å². The number of halogens is 1. The van der Waals surface area contributed by atoms with Crippen molar-refractivity contribution in [2.75, 3.05) is 6.54 Å². The second kappa shape index (κ2) is 3.45. The minimum Gasteiger partial charge on any atom is -0.328 e. The first-order chi connectivity index (χ1) is 7.45. The number of rotatable bonds is 2. The molecule has 4 nitrogen and oxygen atoms in total. The highest BCUT2D eigenvalue weighted by Crippen LogP contribution is 2.19. The minimum atomic E-state index is -0.539. The third kappa shape index (κ3) is 1.53. The fraction of sp³-hybridized carbons (Fsp3) is 0.364. The van der Waals surface area contributed by atoms with Crippen molar-refractivity contribution in [1.82, 2.24) is 9.55 Å². The van der Waals surface area contributed by atoms with Crippen molar-refractivity contribution in [3.8, 4) is 0 Å². The van der Waals surface area contributed by atoms with E-state index in [9.17, 15) is 9.18 Å². The first kappa shape index (κ1) is 10.9. The second-order valence-electron chi connectivity index (χ2n) is 4.44. The van der Waals surface area contributed by atoms with Crippen molar-refractivity contribution in [3.05, 3.63) is 34.5 Å². The number of H-pyrrole nitrogens is 1. The lowest BCUT2D eigenvalue weighted by Crippen LogP contribution is -2.40. The Hall–Kier alpha value is -1.62. The summed E-state index contributed by atoms with van der Waals surface area (Å²) in [7, 11) is 0. The molecule has 0 saturated heterocycles. The normalized spacial score (nSPS) is 12.2. The Balaban J connectivity index is 2.83. The van der Waals surface area contributed by atoms with E-state index in [0.717, 1.165) is 0 Å². The molecule has 16 heavy (non-hydrogen) atoms. The minimum absolute atomic E-state index is 0.268. The summed E-state index contributed by atoms with van der Waals surface area (Å²) in [6.45, 7) is 3.98. The standard InChI is InChI=1S/C11H14FN3O/c1-11(2,6-13)15-9-5-7(12)3-4-8(9)14-10(15)16/h3-5H,6,13H2,1-2H3,(H,14,16). The maximum absolute atomic E-state index is 13.2. The van der Waals surface area contributed by atoms with Crippen LogP contribution in [0.2, 0.25) is 0 Å². The lowest BCUT2D eigenvalue weighted by molar-refractivity contribution is 0.367. The number of nitrogens with zero attached hydrogens (tertiary/aromatic N) is 1. The van der Waals surface area contributed by atoms with Crippen molar-refractivity contribution in [2.24, 2.45) is 5.73 Å². The highest BCUT2D eigenvalue weighted by atomic mass is 19.1. The van der Waals surface area contributed by atoms with E-state index in [2.05, 4.69) is 4.98 Å². The van der Waals surface area contributed by atoms with Crippen LogP contribution < -0.4 is 11.4 Å². The molecule has 0 bridgehead atoms.